The molecule has 0 atom stereocenters. The van der Waals surface area contributed by atoms with Crippen LogP contribution in [0.1, 0.15) is 26.2 Å². The van der Waals surface area contributed by atoms with Crippen LogP contribution in [0.25, 0.3) is 0 Å². The summed E-state index contributed by atoms with van der Waals surface area (Å²) in [4.78, 5) is 10.6. The molecular formula is C6H11NO. The lowest BCUT2D eigenvalue weighted by Gasteiger charge is -1.96. The second-order valence-electron chi connectivity index (χ2n) is 2.20. The molecule has 0 unspecified atom stereocenters. The van der Waals surface area contributed by atoms with Crippen molar-refractivity contribution in [1.29, 1.82) is 0 Å². The third-order valence-corrected chi connectivity index (χ3v) is 1.26. The van der Waals surface area contributed by atoms with Crippen molar-refractivity contribution >= 4 is 5.91 Å². The van der Waals surface area contributed by atoms with Gasteiger partial charge in [0.25, 0.3) is 0 Å². The fraction of sp³-hybridized carbons (Fsp3) is 0.833. The van der Waals surface area contributed by atoms with Crippen molar-refractivity contribution in [2.75, 3.05) is 0 Å². The molecule has 0 saturated heterocycles. The molecule has 0 aliphatic heterocycles. The Morgan fingerprint density at radius 3 is 2.75 bits per heavy atom. The van der Waals surface area contributed by atoms with E-state index in [-0.39, 0.29) is 5.91 Å². The van der Waals surface area contributed by atoms with E-state index in [4.69, 9.17) is 0 Å². The van der Waals surface area contributed by atoms with Crippen LogP contribution in [0.5, 0.6) is 0 Å². The molecule has 0 spiro atoms. The summed E-state index contributed by atoms with van der Waals surface area (Å²) in [6.07, 6.45) is 2.99. The molecule has 1 saturated carbocycles. The highest BCUT2D eigenvalue weighted by atomic mass is 16.1. The van der Waals surface area contributed by atoms with E-state index >= 15 is 0 Å². The number of carbonyl (C=O) groups is 1. The lowest BCUT2D eigenvalue weighted by Crippen LogP contribution is -2.23. The van der Waals surface area contributed by atoms with Gasteiger partial charge >= 0.3 is 0 Å². The van der Waals surface area contributed by atoms with Crippen molar-refractivity contribution in [3.05, 3.63) is 0 Å². The fourth-order valence-corrected chi connectivity index (χ4v) is 0.557. The van der Waals surface area contributed by atoms with E-state index in [2.05, 4.69) is 5.32 Å². The molecule has 1 fully saturated rings. The summed E-state index contributed by atoms with van der Waals surface area (Å²) in [5.41, 5.74) is 0. The normalized spacial score (nSPS) is 18.1. The Morgan fingerprint density at radius 2 is 2.38 bits per heavy atom. The highest BCUT2D eigenvalue weighted by Crippen LogP contribution is 2.18. The van der Waals surface area contributed by atoms with Gasteiger partial charge in [-0.05, 0) is 12.8 Å². The minimum atomic E-state index is 0.188. The van der Waals surface area contributed by atoms with Crippen LogP contribution in [0.2, 0.25) is 0 Å². The maximum Gasteiger partial charge on any atom is 0.219 e. The maximum absolute atomic E-state index is 10.6. The third-order valence-electron chi connectivity index (χ3n) is 1.26. The molecule has 1 N–H and O–H groups in total. The van der Waals surface area contributed by atoms with Gasteiger partial charge in [-0.15, -0.1) is 0 Å². The summed E-state index contributed by atoms with van der Waals surface area (Å²) in [5.74, 6) is 0.188. The summed E-state index contributed by atoms with van der Waals surface area (Å²) in [6, 6.07) is 0.530. The summed E-state index contributed by atoms with van der Waals surface area (Å²) in [5, 5.41) is 2.86. The molecule has 1 aliphatic rings. The van der Waals surface area contributed by atoms with E-state index in [9.17, 15) is 4.79 Å². The van der Waals surface area contributed by atoms with Crippen molar-refractivity contribution in [2.45, 2.75) is 32.2 Å². The number of carbonyl (C=O) groups excluding carboxylic acids is 1. The fourth-order valence-electron chi connectivity index (χ4n) is 0.557. The molecule has 0 bridgehead atoms. The molecule has 1 amide bonds. The quantitative estimate of drug-likeness (QED) is 0.560. The predicted molar refractivity (Wildman–Crippen MR) is 31.5 cm³/mol. The zero-order valence-electron chi connectivity index (χ0n) is 5.11. The van der Waals surface area contributed by atoms with Gasteiger partial charge in [0.2, 0.25) is 5.91 Å². The van der Waals surface area contributed by atoms with Crippen LogP contribution in [0, 0.1) is 0 Å². The van der Waals surface area contributed by atoms with Crippen molar-refractivity contribution < 1.29 is 4.79 Å². The van der Waals surface area contributed by atoms with E-state index < -0.39 is 0 Å². The van der Waals surface area contributed by atoms with Gasteiger partial charge in [-0.3, -0.25) is 4.79 Å². The molecule has 0 heterocycles. The minimum Gasteiger partial charge on any atom is -0.353 e. The smallest absolute Gasteiger partial charge is 0.219 e. The number of rotatable bonds is 2. The first-order chi connectivity index (χ1) is 3.83. The Labute approximate surface area is 49.3 Å². The summed E-state index contributed by atoms with van der Waals surface area (Å²) in [7, 11) is 0. The van der Waals surface area contributed by atoms with Gasteiger partial charge in [0.15, 0.2) is 0 Å². The third kappa shape index (κ3) is 1.52. The highest BCUT2D eigenvalue weighted by molar-refractivity contribution is 5.76. The van der Waals surface area contributed by atoms with E-state index in [1.54, 1.807) is 0 Å². The zero-order valence-corrected chi connectivity index (χ0v) is 5.11. The molecular weight excluding hydrogens is 102 g/mol. The van der Waals surface area contributed by atoms with E-state index in [0.29, 0.717) is 12.5 Å². The molecule has 1 rings (SSSR count). The van der Waals surface area contributed by atoms with Crippen molar-refractivity contribution in [2.24, 2.45) is 0 Å². The van der Waals surface area contributed by atoms with Crippen LogP contribution in [-0.2, 0) is 4.79 Å². The number of amides is 1. The van der Waals surface area contributed by atoms with Crippen molar-refractivity contribution in [3.63, 3.8) is 0 Å². The van der Waals surface area contributed by atoms with Crippen LogP contribution in [-0.4, -0.2) is 11.9 Å². The monoisotopic (exact) mass is 113 g/mol. The molecule has 0 aromatic rings. The van der Waals surface area contributed by atoms with E-state index in [1.165, 1.54) is 12.8 Å². The van der Waals surface area contributed by atoms with Gasteiger partial charge in [0, 0.05) is 12.5 Å². The first-order valence-electron chi connectivity index (χ1n) is 3.12. The average Bonchev–Trinajstić information content (AvgIpc) is 2.50. The van der Waals surface area contributed by atoms with Gasteiger partial charge in [-0.25, -0.2) is 0 Å². The van der Waals surface area contributed by atoms with Crippen LogP contribution in [0.3, 0.4) is 0 Å². The topological polar surface area (TPSA) is 29.1 Å². The molecule has 46 valence electrons. The first-order valence-corrected chi connectivity index (χ1v) is 3.12. The second kappa shape index (κ2) is 2.16. The van der Waals surface area contributed by atoms with Gasteiger partial charge in [-0.1, -0.05) is 6.92 Å². The standard InChI is InChI=1S/C6H11NO/c1-2-6(8)7-5-3-4-5/h5H,2-4H2,1H3,(H,7,8). The summed E-state index contributed by atoms with van der Waals surface area (Å²) in [6.45, 7) is 1.87. The van der Waals surface area contributed by atoms with Crippen molar-refractivity contribution in [1.82, 2.24) is 5.32 Å². The van der Waals surface area contributed by atoms with Crippen molar-refractivity contribution in [3.8, 4) is 0 Å². The molecule has 0 aromatic carbocycles. The molecule has 0 aromatic heterocycles. The lowest BCUT2D eigenvalue weighted by atomic mass is 10.4. The van der Waals surface area contributed by atoms with Crippen LogP contribution >= 0.6 is 0 Å². The highest BCUT2D eigenvalue weighted by Gasteiger charge is 2.21. The zero-order chi connectivity index (χ0) is 5.98. The SMILES string of the molecule is CCC(=O)NC1CC1. The van der Waals surface area contributed by atoms with Gasteiger partial charge in [-0.2, -0.15) is 0 Å². The van der Waals surface area contributed by atoms with Crippen LogP contribution in [0.15, 0.2) is 0 Å². The number of hydrogen-bond donors (Lipinski definition) is 1. The average molecular weight is 113 g/mol. The largest absolute Gasteiger partial charge is 0.353 e. The molecule has 0 radical (unpaired) electrons. The molecule has 2 nitrogen and oxygen atoms in total. The minimum absolute atomic E-state index is 0.188. The lowest BCUT2D eigenvalue weighted by molar-refractivity contribution is -0.120. The van der Waals surface area contributed by atoms with Crippen LogP contribution < -0.4 is 5.32 Å². The Bertz CT molecular complexity index is 96.7. The molecule has 8 heavy (non-hydrogen) atoms. The van der Waals surface area contributed by atoms with Gasteiger partial charge < -0.3 is 5.32 Å². The summed E-state index contributed by atoms with van der Waals surface area (Å²) >= 11 is 0. The maximum atomic E-state index is 10.6. The predicted octanol–water partition coefficient (Wildman–Crippen LogP) is 0.675. The Morgan fingerprint density at radius 1 is 1.75 bits per heavy atom. The second-order valence-corrected chi connectivity index (χ2v) is 2.20. The number of nitrogens with one attached hydrogen (secondary N) is 1. The number of hydrogen-bond acceptors (Lipinski definition) is 1. The molecule has 2 heteroatoms. The van der Waals surface area contributed by atoms with Gasteiger partial charge in [0.1, 0.15) is 0 Å². The first kappa shape index (κ1) is 5.60. The van der Waals surface area contributed by atoms with E-state index in [0.717, 1.165) is 0 Å². The summed E-state index contributed by atoms with van der Waals surface area (Å²) < 4.78 is 0. The molecule has 1 aliphatic carbocycles. The van der Waals surface area contributed by atoms with Gasteiger partial charge in [0.05, 0.1) is 0 Å². The Hall–Kier alpha value is -0.530. The van der Waals surface area contributed by atoms with Crippen LogP contribution in [0.4, 0.5) is 0 Å². The van der Waals surface area contributed by atoms with E-state index in [1.807, 2.05) is 6.92 Å². The Balaban J connectivity index is 2.07. The Kier molecular flexibility index (Phi) is 1.51.